The van der Waals surface area contributed by atoms with E-state index in [0.717, 1.165) is 6.54 Å². The van der Waals surface area contributed by atoms with E-state index in [-0.39, 0.29) is 5.97 Å². The summed E-state index contributed by atoms with van der Waals surface area (Å²) in [4.78, 5) is 13.3. The number of benzene rings is 1. The zero-order valence-corrected chi connectivity index (χ0v) is 13.3. The van der Waals surface area contributed by atoms with Gasteiger partial charge in [-0.25, -0.2) is 0 Å². The van der Waals surface area contributed by atoms with E-state index in [0.29, 0.717) is 43.5 Å². The molecule has 0 aliphatic rings. The molecule has 0 atom stereocenters. The minimum Gasteiger partial charge on any atom is -0.491 e. The Morgan fingerprint density at radius 1 is 1.14 bits per heavy atom. The molecule has 0 radical (unpaired) electrons. The van der Waals surface area contributed by atoms with Crippen LogP contribution in [-0.4, -0.2) is 57.9 Å². The van der Waals surface area contributed by atoms with Crippen molar-refractivity contribution in [2.24, 2.45) is 0 Å². The van der Waals surface area contributed by atoms with Gasteiger partial charge in [0.25, 0.3) is 0 Å². The first-order valence-electron chi connectivity index (χ1n) is 6.82. The Hall–Kier alpha value is -1.30. The maximum absolute atomic E-state index is 11.2. The molecule has 0 fully saturated rings. The molecule has 1 aromatic carbocycles. The van der Waals surface area contributed by atoms with Crippen LogP contribution in [0.4, 0.5) is 0 Å². The van der Waals surface area contributed by atoms with Gasteiger partial charge in [0.05, 0.1) is 25.2 Å². The van der Waals surface area contributed by atoms with Gasteiger partial charge in [0.2, 0.25) is 0 Å². The molecule has 0 heterocycles. The third-order valence-corrected chi connectivity index (χ3v) is 3.29. The maximum Gasteiger partial charge on any atom is 0.306 e. The Morgan fingerprint density at radius 3 is 2.52 bits per heavy atom. The normalized spacial score (nSPS) is 10.7. The smallest absolute Gasteiger partial charge is 0.306 e. The monoisotopic (exact) mass is 315 g/mol. The van der Waals surface area contributed by atoms with Crippen molar-refractivity contribution in [2.45, 2.75) is 6.42 Å². The topological polar surface area (TPSA) is 48.0 Å². The number of esters is 1. The van der Waals surface area contributed by atoms with Crippen molar-refractivity contribution in [3.8, 4) is 5.75 Å². The first-order valence-corrected chi connectivity index (χ1v) is 7.20. The summed E-state index contributed by atoms with van der Waals surface area (Å²) in [5.74, 6) is 0.447. The molecule has 0 unspecified atom stereocenters. The van der Waals surface area contributed by atoms with E-state index in [2.05, 4.69) is 9.64 Å². The molecular weight excluding hydrogens is 294 g/mol. The highest BCUT2D eigenvalue weighted by Gasteiger charge is 2.09. The second-order valence-electron chi connectivity index (χ2n) is 4.44. The highest BCUT2D eigenvalue weighted by molar-refractivity contribution is 6.32. The zero-order chi connectivity index (χ0) is 15.5. The SMILES string of the molecule is COCCN(CCOc1ccccc1Cl)CCC(=O)OC. The van der Waals surface area contributed by atoms with Gasteiger partial charge in [0.1, 0.15) is 12.4 Å². The molecule has 118 valence electrons. The number of carbonyl (C=O) groups is 1. The molecule has 6 heteroatoms. The first-order chi connectivity index (χ1) is 10.2. The molecule has 5 nitrogen and oxygen atoms in total. The van der Waals surface area contributed by atoms with Crippen molar-refractivity contribution in [3.05, 3.63) is 29.3 Å². The quantitative estimate of drug-likeness (QED) is 0.620. The number of rotatable bonds is 10. The summed E-state index contributed by atoms with van der Waals surface area (Å²) in [5.41, 5.74) is 0. The molecule has 0 spiro atoms. The number of hydrogen-bond acceptors (Lipinski definition) is 5. The van der Waals surface area contributed by atoms with Crippen LogP contribution in [0.15, 0.2) is 24.3 Å². The molecule has 0 amide bonds. The largest absolute Gasteiger partial charge is 0.491 e. The number of halogens is 1. The van der Waals surface area contributed by atoms with E-state index in [1.54, 1.807) is 13.2 Å². The predicted molar refractivity (Wildman–Crippen MR) is 81.9 cm³/mol. The fourth-order valence-electron chi connectivity index (χ4n) is 1.75. The maximum atomic E-state index is 11.2. The summed E-state index contributed by atoms with van der Waals surface area (Å²) in [7, 11) is 3.04. The molecule has 21 heavy (non-hydrogen) atoms. The van der Waals surface area contributed by atoms with Crippen LogP contribution in [0, 0.1) is 0 Å². The number of methoxy groups -OCH3 is 2. The van der Waals surface area contributed by atoms with E-state index in [1.807, 2.05) is 18.2 Å². The zero-order valence-electron chi connectivity index (χ0n) is 12.5. The van der Waals surface area contributed by atoms with Gasteiger partial charge in [-0.2, -0.15) is 0 Å². The summed E-state index contributed by atoms with van der Waals surface area (Å²) in [6, 6.07) is 7.35. The van der Waals surface area contributed by atoms with Gasteiger partial charge in [0, 0.05) is 26.7 Å². The van der Waals surface area contributed by atoms with E-state index < -0.39 is 0 Å². The highest BCUT2D eigenvalue weighted by Crippen LogP contribution is 2.22. The summed E-state index contributed by atoms with van der Waals surface area (Å²) >= 11 is 6.02. The Labute approximate surface area is 130 Å². The van der Waals surface area contributed by atoms with Gasteiger partial charge in [-0.15, -0.1) is 0 Å². The van der Waals surface area contributed by atoms with Crippen molar-refractivity contribution in [3.63, 3.8) is 0 Å². The minimum absolute atomic E-state index is 0.218. The molecule has 0 saturated carbocycles. The van der Waals surface area contributed by atoms with Crippen LogP contribution in [0.2, 0.25) is 5.02 Å². The Morgan fingerprint density at radius 2 is 1.86 bits per heavy atom. The number of carbonyl (C=O) groups excluding carboxylic acids is 1. The standard InChI is InChI=1S/C15H22ClNO4/c1-19-11-9-17(8-7-15(18)20-2)10-12-21-14-6-4-3-5-13(14)16/h3-6H,7-12H2,1-2H3. The summed E-state index contributed by atoms with van der Waals surface area (Å²) in [6.45, 7) is 3.13. The van der Waals surface area contributed by atoms with Gasteiger partial charge >= 0.3 is 5.97 Å². The third kappa shape index (κ3) is 7.32. The second kappa shape index (κ2) is 10.4. The highest BCUT2D eigenvalue weighted by atomic mass is 35.5. The molecule has 0 saturated heterocycles. The average Bonchev–Trinajstić information content (AvgIpc) is 2.50. The molecule has 0 bridgehead atoms. The molecular formula is C15H22ClNO4. The van der Waals surface area contributed by atoms with Crippen LogP contribution in [0.25, 0.3) is 0 Å². The Kier molecular flexibility index (Phi) is 8.82. The number of hydrogen-bond donors (Lipinski definition) is 0. The van der Waals surface area contributed by atoms with Crippen LogP contribution >= 0.6 is 11.6 Å². The number of nitrogens with zero attached hydrogens (tertiary/aromatic N) is 1. The van der Waals surface area contributed by atoms with Crippen LogP contribution in [0.3, 0.4) is 0 Å². The lowest BCUT2D eigenvalue weighted by atomic mass is 10.3. The molecule has 0 aromatic heterocycles. The van der Waals surface area contributed by atoms with Crippen LogP contribution in [0.1, 0.15) is 6.42 Å². The van der Waals surface area contributed by atoms with Crippen molar-refractivity contribution in [1.82, 2.24) is 4.90 Å². The van der Waals surface area contributed by atoms with Gasteiger partial charge in [-0.3, -0.25) is 9.69 Å². The third-order valence-electron chi connectivity index (χ3n) is 2.97. The van der Waals surface area contributed by atoms with Crippen molar-refractivity contribution in [1.29, 1.82) is 0 Å². The lowest BCUT2D eigenvalue weighted by Crippen LogP contribution is -2.33. The van der Waals surface area contributed by atoms with Crippen LogP contribution in [0.5, 0.6) is 5.75 Å². The van der Waals surface area contributed by atoms with E-state index >= 15 is 0 Å². The van der Waals surface area contributed by atoms with E-state index in [1.165, 1.54) is 7.11 Å². The van der Waals surface area contributed by atoms with Crippen LogP contribution < -0.4 is 4.74 Å². The van der Waals surface area contributed by atoms with Gasteiger partial charge < -0.3 is 14.2 Å². The second-order valence-corrected chi connectivity index (χ2v) is 4.85. The summed E-state index contributed by atoms with van der Waals surface area (Å²) in [6.07, 6.45) is 0.353. The fourth-order valence-corrected chi connectivity index (χ4v) is 1.94. The lowest BCUT2D eigenvalue weighted by Gasteiger charge is -2.21. The first kappa shape index (κ1) is 17.8. The minimum atomic E-state index is -0.218. The van der Waals surface area contributed by atoms with E-state index in [4.69, 9.17) is 21.1 Å². The van der Waals surface area contributed by atoms with Crippen molar-refractivity contribution < 1.29 is 19.0 Å². The molecule has 0 aliphatic heterocycles. The predicted octanol–water partition coefficient (Wildman–Crippen LogP) is 2.23. The summed E-state index contributed by atoms with van der Waals surface area (Å²) < 4.78 is 15.4. The van der Waals surface area contributed by atoms with Crippen molar-refractivity contribution in [2.75, 3.05) is 47.1 Å². The average molecular weight is 316 g/mol. The fraction of sp³-hybridized carbons (Fsp3) is 0.533. The Balaban J connectivity index is 2.37. The summed E-state index contributed by atoms with van der Waals surface area (Å²) in [5, 5.41) is 0.593. The number of ether oxygens (including phenoxy) is 3. The number of para-hydroxylation sites is 1. The lowest BCUT2D eigenvalue weighted by molar-refractivity contribution is -0.141. The van der Waals surface area contributed by atoms with Crippen LogP contribution in [-0.2, 0) is 14.3 Å². The van der Waals surface area contributed by atoms with Gasteiger partial charge in [0.15, 0.2) is 0 Å². The Bertz CT molecular complexity index is 428. The molecule has 0 N–H and O–H groups in total. The molecule has 1 rings (SSSR count). The molecule has 0 aliphatic carbocycles. The van der Waals surface area contributed by atoms with Gasteiger partial charge in [-0.1, -0.05) is 23.7 Å². The van der Waals surface area contributed by atoms with Crippen molar-refractivity contribution >= 4 is 17.6 Å². The van der Waals surface area contributed by atoms with E-state index in [9.17, 15) is 4.79 Å². The molecule has 1 aromatic rings. The van der Waals surface area contributed by atoms with Gasteiger partial charge in [-0.05, 0) is 12.1 Å².